The van der Waals surface area contributed by atoms with E-state index in [0.717, 1.165) is 30.8 Å². The number of anilines is 1. The first-order valence-electron chi connectivity index (χ1n) is 9.09. The highest BCUT2D eigenvalue weighted by atomic mass is 19.4. The number of hydrogen-bond acceptors (Lipinski definition) is 2. The largest absolute Gasteiger partial charge is 0.392 e. The van der Waals surface area contributed by atoms with Gasteiger partial charge in [0.2, 0.25) is 0 Å². The number of piperidine rings is 1. The van der Waals surface area contributed by atoms with E-state index in [1.165, 1.54) is 18.2 Å². The molecule has 1 heterocycles. The molecule has 27 heavy (non-hydrogen) atoms. The van der Waals surface area contributed by atoms with E-state index < -0.39 is 12.6 Å². The number of nitrogens with one attached hydrogen (secondary N) is 2. The predicted molar refractivity (Wildman–Crippen MR) is 102 cm³/mol. The Hall–Kier alpha value is -2.24. The first-order chi connectivity index (χ1) is 12.7. The molecule has 0 aromatic heterocycles. The number of rotatable bonds is 6. The molecule has 0 bridgehead atoms. The third-order valence-corrected chi connectivity index (χ3v) is 4.44. The maximum absolute atomic E-state index is 13.1. The maximum atomic E-state index is 13.1. The van der Waals surface area contributed by atoms with E-state index in [2.05, 4.69) is 17.2 Å². The van der Waals surface area contributed by atoms with Crippen molar-refractivity contribution in [1.82, 2.24) is 5.32 Å². The Morgan fingerprint density at radius 3 is 2.56 bits per heavy atom. The minimum Gasteiger partial charge on any atom is -0.387 e. The molecule has 6 heteroatoms. The summed E-state index contributed by atoms with van der Waals surface area (Å²) in [5.41, 5.74) is 2.84. The summed E-state index contributed by atoms with van der Waals surface area (Å²) in [7, 11) is 0. The third-order valence-electron chi connectivity index (χ3n) is 4.44. The molecular weight excluding hydrogens is 356 g/mol. The van der Waals surface area contributed by atoms with Gasteiger partial charge >= 0.3 is 6.18 Å². The molecule has 2 N–H and O–H groups in total. The molecule has 1 aromatic carbocycles. The molecule has 1 fully saturated rings. The zero-order valence-electron chi connectivity index (χ0n) is 15.7. The highest BCUT2D eigenvalue weighted by Crippen LogP contribution is 2.28. The molecule has 0 saturated carbocycles. The topological polar surface area (TPSA) is 24.1 Å². The fourth-order valence-electron chi connectivity index (χ4n) is 3.10. The van der Waals surface area contributed by atoms with Crippen LogP contribution < -0.4 is 10.6 Å². The van der Waals surface area contributed by atoms with Gasteiger partial charge < -0.3 is 10.6 Å². The second kappa shape index (κ2) is 9.11. The van der Waals surface area contributed by atoms with E-state index in [1.807, 2.05) is 19.9 Å². The van der Waals surface area contributed by atoms with E-state index in [9.17, 15) is 17.6 Å². The van der Waals surface area contributed by atoms with Crippen LogP contribution in [-0.2, 0) is 0 Å². The minimum atomic E-state index is -4.23. The van der Waals surface area contributed by atoms with Gasteiger partial charge in [-0.1, -0.05) is 26.5 Å². The van der Waals surface area contributed by atoms with Crippen molar-refractivity contribution < 1.29 is 17.6 Å². The quantitative estimate of drug-likeness (QED) is 0.468. The van der Waals surface area contributed by atoms with Crippen molar-refractivity contribution in [2.75, 3.05) is 11.9 Å². The lowest BCUT2D eigenvalue weighted by molar-refractivity contribution is -0.125. The van der Waals surface area contributed by atoms with E-state index in [1.54, 1.807) is 12.1 Å². The molecule has 0 aliphatic carbocycles. The van der Waals surface area contributed by atoms with Crippen molar-refractivity contribution in [3.8, 4) is 0 Å². The van der Waals surface area contributed by atoms with Crippen molar-refractivity contribution in [1.29, 1.82) is 0 Å². The Labute approximate surface area is 158 Å². The Morgan fingerprint density at radius 2 is 1.96 bits per heavy atom. The summed E-state index contributed by atoms with van der Waals surface area (Å²) in [6.45, 7) is 8.50. The molecule has 148 valence electrons. The fourth-order valence-corrected chi connectivity index (χ4v) is 3.10. The molecule has 0 amide bonds. The number of alkyl halides is 3. The Bertz CT molecular complexity index is 700. The second-order valence-electron chi connectivity index (χ2n) is 7.03. The van der Waals surface area contributed by atoms with Crippen molar-refractivity contribution in [3.63, 3.8) is 0 Å². The molecule has 1 aliphatic heterocycles. The lowest BCUT2D eigenvalue weighted by Gasteiger charge is -2.29. The Balaban J connectivity index is 2.18. The van der Waals surface area contributed by atoms with E-state index >= 15 is 0 Å². The highest BCUT2D eigenvalue weighted by Gasteiger charge is 2.26. The van der Waals surface area contributed by atoms with Crippen LogP contribution >= 0.6 is 0 Å². The van der Waals surface area contributed by atoms with Gasteiger partial charge in [0.25, 0.3) is 0 Å². The van der Waals surface area contributed by atoms with Gasteiger partial charge in [-0.25, -0.2) is 4.39 Å². The smallest absolute Gasteiger partial charge is 0.387 e. The van der Waals surface area contributed by atoms with Gasteiger partial charge in [-0.3, -0.25) is 0 Å². The number of hydrogen-bond donors (Lipinski definition) is 2. The van der Waals surface area contributed by atoms with Gasteiger partial charge in [0.1, 0.15) is 5.82 Å². The second-order valence-corrected chi connectivity index (χ2v) is 7.03. The molecule has 1 unspecified atom stereocenters. The van der Waals surface area contributed by atoms with E-state index in [-0.39, 0.29) is 17.8 Å². The monoisotopic (exact) mass is 382 g/mol. The summed E-state index contributed by atoms with van der Waals surface area (Å²) < 4.78 is 50.9. The molecule has 2 nitrogen and oxygen atoms in total. The third kappa shape index (κ3) is 6.77. The summed E-state index contributed by atoms with van der Waals surface area (Å²) in [6, 6.07) is 6.07. The first-order valence-corrected chi connectivity index (χ1v) is 9.09. The number of halogens is 4. The van der Waals surface area contributed by atoms with Crippen molar-refractivity contribution >= 4 is 5.69 Å². The van der Waals surface area contributed by atoms with Gasteiger partial charge in [-0.05, 0) is 60.2 Å². The molecule has 0 radical (unpaired) electrons. The lowest BCUT2D eigenvalue weighted by Crippen LogP contribution is -2.36. The van der Waals surface area contributed by atoms with Crippen LogP contribution in [0.4, 0.5) is 23.2 Å². The lowest BCUT2D eigenvalue weighted by atomic mass is 9.92. The van der Waals surface area contributed by atoms with Crippen LogP contribution in [0.2, 0.25) is 0 Å². The van der Waals surface area contributed by atoms with Gasteiger partial charge in [0.15, 0.2) is 0 Å². The molecule has 1 aromatic rings. The van der Waals surface area contributed by atoms with Crippen LogP contribution in [0.25, 0.3) is 0 Å². The average Bonchev–Trinajstić information content (AvgIpc) is 2.57. The molecule has 1 saturated heterocycles. The normalized spacial score (nSPS) is 19.9. The number of allylic oxidation sites excluding steroid dienone is 4. The first kappa shape index (κ1) is 21.1. The maximum Gasteiger partial charge on any atom is 0.392 e. The fraction of sp³-hybridized carbons (Fsp3) is 0.429. The molecule has 0 spiro atoms. The van der Waals surface area contributed by atoms with Crippen LogP contribution in [0.3, 0.4) is 0 Å². The predicted octanol–water partition coefficient (Wildman–Crippen LogP) is 5.96. The summed E-state index contributed by atoms with van der Waals surface area (Å²) in [6.07, 6.45) is -0.328. The summed E-state index contributed by atoms with van der Waals surface area (Å²) in [5, 5.41) is 6.66. The summed E-state index contributed by atoms with van der Waals surface area (Å²) in [5.74, 6) is -0.369. The van der Waals surface area contributed by atoms with Gasteiger partial charge in [0.05, 0.1) is 12.5 Å². The number of benzene rings is 1. The standard InChI is InChI=1S/C21H26F4N2/c1-14(2)18(10-11-21(23,24)25)15(3)13-20-19(5-4-12-26-20)27-17-8-6-16(22)7-9-17/h6-10,13-14,19,26-27H,3-5,11-12H2,1-2H3/b18-10+,20-13-. The van der Waals surface area contributed by atoms with E-state index in [4.69, 9.17) is 0 Å². The SMILES string of the molecule is C=C(/C=C1\NCCCC1Nc1ccc(F)cc1)/C(=C/CC(F)(F)F)C(C)C. The van der Waals surface area contributed by atoms with Crippen LogP contribution in [0.15, 0.2) is 59.8 Å². The zero-order valence-corrected chi connectivity index (χ0v) is 15.7. The zero-order chi connectivity index (χ0) is 20.0. The molecule has 1 atom stereocenters. The summed E-state index contributed by atoms with van der Waals surface area (Å²) >= 11 is 0. The van der Waals surface area contributed by atoms with Crippen LogP contribution in [-0.4, -0.2) is 18.8 Å². The van der Waals surface area contributed by atoms with Gasteiger partial charge in [-0.2, -0.15) is 13.2 Å². The van der Waals surface area contributed by atoms with Gasteiger partial charge in [-0.15, -0.1) is 0 Å². The van der Waals surface area contributed by atoms with E-state index in [0.29, 0.717) is 11.1 Å². The summed E-state index contributed by atoms with van der Waals surface area (Å²) in [4.78, 5) is 0. The highest BCUT2D eigenvalue weighted by molar-refractivity contribution is 5.48. The van der Waals surface area contributed by atoms with Crippen LogP contribution in [0, 0.1) is 11.7 Å². The van der Waals surface area contributed by atoms with Gasteiger partial charge in [0, 0.05) is 17.9 Å². The van der Waals surface area contributed by atoms with Crippen molar-refractivity contribution in [3.05, 3.63) is 65.7 Å². The Kier molecular flexibility index (Phi) is 7.11. The Morgan fingerprint density at radius 1 is 1.30 bits per heavy atom. The van der Waals surface area contributed by atoms with Crippen molar-refractivity contribution in [2.24, 2.45) is 5.92 Å². The minimum absolute atomic E-state index is 0.0306. The van der Waals surface area contributed by atoms with Crippen LogP contribution in [0.5, 0.6) is 0 Å². The van der Waals surface area contributed by atoms with Crippen LogP contribution in [0.1, 0.15) is 33.1 Å². The molecule has 1 aliphatic rings. The molecule has 2 rings (SSSR count). The average molecular weight is 382 g/mol. The van der Waals surface area contributed by atoms with Crippen molar-refractivity contribution in [2.45, 2.75) is 45.3 Å². The molecular formula is C21H26F4N2.